The fourth-order valence-corrected chi connectivity index (χ4v) is 5.58. The minimum Gasteiger partial charge on any atom is -0.507 e. The number of aromatic nitrogens is 2. The molecule has 1 aliphatic rings. The van der Waals surface area contributed by atoms with Gasteiger partial charge in [-0.2, -0.15) is 4.98 Å². The number of likely N-dealkylation sites (tertiary alicyclic amines) is 1. The summed E-state index contributed by atoms with van der Waals surface area (Å²) in [6.07, 6.45) is 5.58. The van der Waals surface area contributed by atoms with E-state index in [0.717, 1.165) is 31.1 Å². The van der Waals surface area contributed by atoms with Gasteiger partial charge in [0.15, 0.2) is 11.6 Å². The van der Waals surface area contributed by atoms with Crippen molar-refractivity contribution in [3.8, 4) is 5.75 Å². The van der Waals surface area contributed by atoms with Crippen molar-refractivity contribution < 1.29 is 24.3 Å². The average molecular weight is 604 g/mol. The SMILES string of the molecule is O=C(O)c1cccc(O)c1C(=O)c1ccccc1.c1ccc(C(Cc2noc(CCN3CCCCC3)n2)c2ccccc2)cc1. The highest BCUT2D eigenvalue weighted by Crippen LogP contribution is 2.28. The lowest BCUT2D eigenvalue weighted by Gasteiger charge is -2.25. The highest BCUT2D eigenvalue weighted by molar-refractivity contribution is 6.15. The first-order valence-corrected chi connectivity index (χ1v) is 15.3. The van der Waals surface area contributed by atoms with Crippen molar-refractivity contribution in [3.05, 3.63) is 149 Å². The van der Waals surface area contributed by atoms with Gasteiger partial charge in [-0.3, -0.25) is 4.79 Å². The molecule has 5 aromatic rings. The maximum atomic E-state index is 12.2. The Labute approximate surface area is 263 Å². The summed E-state index contributed by atoms with van der Waals surface area (Å²) < 4.78 is 5.54. The quantitative estimate of drug-likeness (QED) is 0.168. The number of carbonyl (C=O) groups excluding carboxylic acids is 1. The first kappa shape index (κ1) is 31.3. The highest BCUT2D eigenvalue weighted by atomic mass is 16.5. The van der Waals surface area contributed by atoms with E-state index in [4.69, 9.17) is 9.63 Å². The summed E-state index contributed by atoms with van der Waals surface area (Å²) in [5.74, 6) is -0.295. The summed E-state index contributed by atoms with van der Waals surface area (Å²) in [6.45, 7) is 3.42. The van der Waals surface area contributed by atoms with Gasteiger partial charge >= 0.3 is 5.97 Å². The predicted molar refractivity (Wildman–Crippen MR) is 172 cm³/mol. The largest absolute Gasteiger partial charge is 0.507 e. The fraction of sp³-hybridized carbons (Fsp3) is 0.243. The van der Waals surface area contributed by atoms with Crippen LogP contribution in [0.3, 0.4) is 0 Å². The van der Waals surface area contributed by atoms with E-state index in [9.17, 15) is 14.7 Å². The Balaban J connectivity index is 0.000000194. The third kappa shape index (κ3) is 8.52. The van der Waals surface area contributed by atoms with E-state index in [1.165, 1.54) is 61.7 Å². The smallest absolute Gasteiger partial charge is 0.336 e. The van der Waals surface area contributed by atoms with Crippen molar-refractivity contribution in [2.45, 2.75) is 38.0 Å². The molecule has 0 amide bonds. The summed E-state index contributed by atoms with van der Waals surface area (Å²) in [5.41, 5.74) is 2.51. The van der Waals surface area contributed by atoms with Gasteiger partial charge in [0.05, 0.1) is 11.1 Å². The summed E-state index contributed by atoms with van der Waals surface area (Å²) >= 11 is 0. The Hall–Kier alpha value is -5.08. The topological polar surface area (TPSA) is 117 Å². The highest BCUT2D eigenvalue weighted by Gasteiger charge is 2.22. The van der Waals surface area contributed by atoms with Crippen molar-refractivity contribution in [3.63, 3.8) is 0 Å². The Morgan fingerprint density at radius 2 is 1.38 bits per heavy atom. The van der Waals surface area contributed by atoms with Crippen LogP contribution in [0.25, 0.3) is 0 Å². The number of aromatic carboxylic acids is 1. The third-order valence-corrected chi connectivity index (χ3v) is 7.93. The second-order valence-corrected chi connectivity index (χ2v) is 11.0. The monoisotopic (exact) mass is 603 g/mol. The summed E-state index contributed by atoms with van der Waals surface area (Å²) in [4.78, 5) is 30.4. The first-order valence-electron chi connectivity index (χ1n) is 15.3. The molecule has 0 radical (unpaired) electrons. The van der Waals surface area contributed by atoms with E-state index in [1.807, 2.05) is 0 Å². The van der Waals surface area contributed by atoms with Crippen LogP contribution in [0.15, 0.2) is 114 Å². The van der Waals surface area contributed by atoms with Gasteiger partial charge in [-0.25, -0.2) is 4.79 Å². The summed E-state index contributed by atoms with van der Waals surface area (Å²) in [5, 5.41) is 23.0. The van der Waals surface area contributed by atoms with Gasteiger partial charge in [-0.05, 0) is 49.2 Å². The van der Waals surface area contributed by atoms with Crippen LogP contribution in [0.5, 0.6) is 5.75 Å². The van der Waals surface area contributed by atoms with Crippen LogP contribution in [0.1, 0.15) is 74.3 Å². The molecular weight excluding hydrogens is 566 g/mol. The van der Waals surface area contributed by atoms with Crippen LogP contribution in [0, 0.1) is 0 Å². The van der Waals surface area contributed by atoms with Crippen molar-refractivity contribution in [1.82, 2.24) is 15.0 Å². The number of piperidine rings is 1. The molecule has 8 nitrogen and oxygen atoms in total. The molecule has 4 aromatic carbocycles. The molecule has 6 rings (SSSR count). The number of rotatable bonds is 10. The van der Waals surface area contributed by atoms with E-state index in [2.05, 4.69) is 75.7 Å². The molecule has 230 valence electrons. The molecule has 8 heteroatoms. The zero-order valence-corrected chi connectivity index (χ0v) is 25.1. The van der Waals surface area contributed by atoms with Gasteiger partial charge in [0.2, 0.25) is 5.89 Å². The molecule has 0 saturated carbocycles. The Morgan fingerprint density at radius 1 is 0.778 bits per heavy atom. The second kappa shape index (κ2) is 15.6. The molecule has 0 spiro atoms. The van der Waals surface area contributed by atoms with E-state index in [1.54, 1.807) is 30.3 Å². The number of carboxylic acids is 1. The number of benzene rings is 4. The number of nitrogens with zero attached hydrogens (tertiary/aromatic N) is 3. The van der Waals surface area contributed by atoms with Crippen molar-refractivity contribution in [2.75, 3.05) is 19.6 Å². The van der Waals surface area contributed by atoms with Gasteiger partial charge < -0.3 is 19.6 Å². The van der Waals surface area contributed by atoms with Crippen molar-refractivity contribution in [2.24, 2.45) is 0 Å². The molecule has 2 heterocycles. The number of hydrogen-bond donors (Lipinski definition) is 2. The van der Waals surface area contributed by atoms with Gasteiger partial charge in [0, 0.05) is 30.9 Å². The Bertz CT molecular complexity index is 1630. The minimum absolute atomic E-state index is 0.184. The van der Waals surface area contributed by atoms with Crippen molar-refractivity contribution >= 4 is 11.8 Å². The lowest BCUT2D eigenvalue weighted by molar-refractivity contribution is 0.0692. The summed E-state index contributed by atoms with van der Waals surface area (Å²) in [6, 6.07) is 33.4. The zero-order valence-electron chi connectivity index (χ0n) is 25.1. The normalized spacial score (nSPS) is 13.2. The zero-order chi connectivity index (χ0) is 31.4. The maximum absolute atomic E-state index is 12.2. The molecule has 2 N–H and O–H groups in total. The third-order valence-electron chi connectivity index (χ3n) is 7.93. The van der Waals surface area contributed by atoms with E-state index in [0.29, 0.717) is 5.56 Å². The molecule has 1 aliphatic heterocycles. The number of phenols is 1. The number of hydrogen-bond acceptors (Lipinski definition) is 7. The summed E-state index contributed by atoms with van der Waals surface area (Å²) in [7, 11) is 0. The van der Waals surface area contributed by atoms with E-state index < -0.39 is 11.8 Å². The number of ketones is 1. The Kier molecular flexibility index (Phi) is 10.9. The van der Waals surface area contributed by atoms with E-state index >= 15 is 0 Å². The van der Waals surface area contributed by atoms with Crippen LogP contribution >= 0.6 is 0 Å². The minimum atomic E-state index is -1.25. The molecular formula is C37H37N3O5. The van der Waals surface area contributed by atoms with Gasteiger partial charge in [0.25, 0.3) is 0 Å². The number of carboxylic acid groups (broad SMARTS) is 1. The van der Waals surface area contributed by atoms with Gasteiger partial charge in [0.1, 0.15) is 5.75 Å². The maximum Gasteiger partial charge on any atom is 0.336 e. The second-order valence-electron chi connectivity index (χ2n) is 11.0. The van der Waals surface area contributed by atoms with Gasteiger partial charge in [-0.15, -0.1) is 0 Å². The first-order chi connectivity index (χ1) is 22.0. The lowest BCUT2D eigenvalue weighted by atomic mass is 9.88. The molecule has 0 aliphatic carbocycles. The molecule has 45 heavy (non-hydrogen) atoms. The molecule has 0 bridgehead atoms. The van der Waals surface area contributed by atoms with Crippen LogP contribution in [-0.4, -0.2) is 56.6 Å². The molecule has 1 aromatic heterocycles. The number of aromatic hydroxyl groups is 1. The molecule has 1 fully saturated rings. The lowest BCUT2D eigenvalue weighted by Crippen LogP contribution is -2.31. The van der Waals surface area contributed by atoms with Crippen LogP contribution in [0.2, 0.25) is 0 Å². The van der Waals surface area contributed by atoms with E-state index in [-0.39, 0.29) is 22.8 Å². The van der Waals surface area contributed by atoms with Crippen LogP contribution in [-0.2, 0) is 12.8 Å². The predicted octanol–water partition coefficient (Wildman–Crippen LogP) is 6.79. The van der Waals surface area contributed by atoms with Crippen LogP contribution < -0.4 is 0 Å². The fourth-order valence-electron chi connectivity index (χ4n) is 5.58. The van der Waals surface area contributed by atoms with Crippen LogP contribution in [0.4, 0.5) is 0 Å². The number of carbonyl (C=O) groups is 2. The Morgan fingerprint density at radius 3 is 1.98 bits per heavy atom. The average Bonchev–Trinajstić information content (AvgIpc) is 3.55. The molecule has 0 unspecified atom stereocenters. The molecule has 1 saturated heterocycles. The van der Waals surface area contributed by atoms with Crippen molar-refractivity contribution in [1.29, 1.82) is 0 Å². The molecule has 0 atom stereocenters. The number of phenolic OH excluding ortho intramolecular Hbond substituents is 1. The van der Waals surface area contributed by atoms with Gasteiger partial charge in [-0.1, -0.05) is 109 Å². The standard InChI is InChI=1S/C23H27N3O.C14H10O4/c1-4-10-19(11-5-1)21(20-12-6-2-7-13-20)18-22-24-23(27-25-22)14-17-26-15-8-3-9-16-26;15-11-8-4-7-10(14(17)18)12(11)13(16)9-5-2-1-3-6-9/h1-2,4-7,10-13,21H,3,8-9,14-18H2;1-8,15H,(H,17,18).